The smallest absolute Gasteiger partial charge is 0.255 e. The molecular formula is C23H25N3O3. The fourth-order valence-electron chi connectivity index (χ4n) is 3.17. The van der Waals surface area contributed by atoms with Crippen molar-refractivity contribution in [2.24, 2.45) is 11.3 Å². The number of nitrogens with one attached hydrogen (secondary N) is 1. The lowest BCUT2D eigenvalue weighted by atomic mass is 9.92. The van der Waals surface area contributed by atoms with E-state index in [1.54, 1.807) is 47.4 Å². The van der Waals surface area contributed by atoms with Crippen LogP contribution in [0.25, 0.3) is 0 Å². The van der Waals surface area contributed by atoms with Gasteiger partial charge in [0.1, 0.15) is 12.4 Å². The number of carbonyl (C=O) groups excluding carboxylic acids is 2. The minimum absolute atomic E-state index is 0.000480. The molecule has 0 fully saturated rings. The van der Waals surface area contributed by atoms with E-state index in [0.29, 0.717) is 41.4 Å². The Balaban J connectivity index is 1.91. The molecule has 29 heavy (non-hydrogen) atoms. The molecule has 0 saturated heterocycles. The van der Waals surface area contributed by atoms with E-state index in [1.165, 1.54) is 0 Å². The molecule has 2 amide bonds. The van der Waals surface area contributed by atoms with Crippen molar-refractivity contribution in [1.29, 1.82) is 5.26 Å². The number of anilines is 2. The third-order valence-electron chi connectivity index (χ3n) is 4.74. The summed E-state index contributed by atoms with van der Waals surface area (Å²) in [6, 6.07) is 13.8. The summed E-state index contributed by atoms with van der Waals surface area (Å²) in [6.07, 6.45) is 0. The molecule has 1 aliphatic rings. The molecular weight excluding hydrogens is 366 g/mol. The molecule has 6 heteroatoms. The summed E-state index contributed by atoms with van der Waals surface area (Å²) >= 11 is 0. The molecule has 1 N–H and O–H groups in total. The van der Waals surface area contributed by atoms with Crippen molar-refractivity contribution in [3.63, 3.8) is 0 Å². The van der Waals surface area contributed by atoms with E-state index in [1.807, 2.05) is 19.9 Å². The van der Waals surface area contributed by atoms with E-state index in [2.05, 4.69) is 19.2 Å². The molecule has 0 bridgehead atoms. The molecule has 2 aromatic carbocycles. The van der Waals surface area contributed by atoms with Gasteiger partial charge in [0, 0.05) is 17.8 Å². The van der Waals surface area contributed by atoms with Crippen molar-refractivity contribution in [3.8, 4) is 11.8 Å². The maximum absolute atomic E-state index is 13.1. The van der Waals surface area contributed by atoms with E-state index < -0.39 is 5.41 Å². The average molecular weight is 391 g/mol. The first-order valence-electron chi connectivity index (χ1n) is 9.61. The lowest BCUT2D eigenvalue weighted by Crippen LogP contribution is -2.43. The normalized spacial score (nSPS) is 15.2. The van der Waals surface area contributed by atoms with Crippen LogP contribution in [0.2, 0.25) is 0 Å². The van der Waals surface area contributed by atoms with Crippen LogP contribution in [-0.4, -0.2) is 25.0 Å². The molecule has 0 spiro atoms. The molecule has 0 aliphatic carbocycles. The summed E-state index contributed by atoms with van der Waals surface area (Å²) in [5, 5.41) is 11.7. The van der Waals surface area contributed by atoms with Gasteiger partial charge < -0.3 is 15.0 Å². The Morgan fingerprint density at radius 2 is 1.93 bits per heavy atom. The van der Waals surface area contributed by atoms with Crippen molar-refractivity contribution in [1.82, 2.24) is 0 Å². The van der Waals surface area contributed by atoms with Crippen LogP contribution in [0.1, 0.15) is 43.6 Å². The predicted octanol–water partition coefficient (Wildman–Crippen LogP) is 4.22. The standard InChI is InChI=1S/C23H25N3O3/c1-15(2)13-26-19-11-18(9-10-20(19)29-14-23(3,4)22(26)28)25-21(27)17-7-5-16(12-24)6-8-17/h5-11,15H,13-14H2,1-4H3,(H,25,27). The summed E-state index contributed by atoms with van der Waals surface area (Å²) in [6.45, 7) is 8.73. The molecule has 0 aromatic heterocycles. The van der Waals surface area contributed by atoms with E-state index in [-0.39, 0.29) is 17.7 Å². The van der Waals surface area contributed by atoms with Crippen LogP contribution in [0.15, 0.2) is 42.5 Å². The Labute approximate surface area is 171 Å². The first kappa shape index (κ1) is 20.4. The van der Waals surface area contributed by atoms with Gasteiger partial charge in [-0.2, -0.15) is 5.26 Å². The van der Waals surface area contributed by atoms with Gasteiger partial charge in [-0.15, -0.1) is 0 Å². The van der Waals surface area contributed by atoms with Gasteiger partial charge in [-0.05, 0) is 62.2 Å². The Morgan fingerprint density at radius 3 is 2.55 bits per heavy atom. The van der Waals surface area contributed by atoms with E-state index in [4.69, 9.17) is 10.00 Å². The third-order valence-corrected chi connectivity index (χ3v) is 4.74. The zero-order valence-corrected chi connectivity index (χ0v) is 17.2. The Kier molecular flexibility index (Phi) is 5.60. The first-order valence-corrected chi connectivity index (χ1v) is 9.61. The second kappa shape index (κ2) is 7.96. The highest BCUT2D eigenvalue weighted by molar-refractivity contribution is 6.05. The number of nitriles is 1. The van der Waals surface area contributed by atoms with E-state index in [0.717, 1.165) is 0 Å². The molecule has 1 heterocycles. The zero-order valence-electron chi connectivity index (χ0n) is 17.2. The van der Waals surface area contributed by atoms with Gasteiger partial charge in [0.2, 0.25) is 5.91 Å². The topological polar surface area (TPSA) is 82.4 Å². The van der Waals surface area contributed by atoms with Gasteiger partial charge in [0.15, 0.2) is 0 Å². The van der Waals surface area contributed by atoms with Crippen molar-refractivity contribution in [2.45, 2.75) is 27.7 Å². The van der Waals surface area contributed by atoms with Crippen LogP contribution in [-0.2, 0) is 4.79 Å². The van der Waals surface area contributed by atoms with Crippen LogP contribution < -0.4 is 15.0 Å². The molecule has 0 radical (unpaired) electrons. The summed E-state index contributed by atoms with van der Waals surface area (Å²) in [5.41, 5.74) is 1.54. The molecule has 0 saturated carbocycles. The first-order chi connectivity index (χ1) is 13.7. The largest absolute Gasteiger partial charge is 0.490 e. The lowest BCUT2D eigenvalue weighted by Gasteiger charge is -2.29. The fraction of sp³-hybridized carbons (Fsp3) is 0.348. The summed E-state index contributed by atoms with van der Waals surface area (Å²) in [4.78, 5) is 27.4. The van der Waals surface area contributed by atoms with E-state index >= 15 is 0 Å². The monoisotopic (exact) mass is 391 g/mol. The molecule has 6 nitrogen and oxygen atoms in total. The molecule has 1 aliphatic heterocycles. The van der Waals surface area contributed by atoms with Gasteiger partial charge in [-0.1, -0.05) is 13.8 Å². The number of nitrogens with zero attached hydrogens (tertiary/aromatic N) is 2. The Bertz CT molecular complexity index is 972. The number of benzene rings is 2. The zero-order chi connectivity index (χ0) is 21.2. The number of carbonyl (C=O) groups is 2. The maximum atomic E-state index is 13.1. The molecule has 0 unspecified atom stereocenters. The number of fused-ring (bicyclic) bond motifs is 1. The summed E-state index contributed by atoms with van der Waals surface area (Å²) in [5.74, 6) is 0.616. The second-order valence-electron chi connectivity index (χ2n) is 8.31. The van der Waals surface area contributed by atoms with Gasteiger partial charge >= 0.3 is 0 Å². The number of hydrogen-bond donors (Lipinski definition) is 1. The number of hydrogen-bond acceptors (Lipinski definition) is 4. The van der Waals surface area contributed by atoms with Gasteiger partial charge in [-0.3, -0.25) is 9.59 Å². The highest BCUT2D eigenvalue weighted by Gasteiger charge is 2.38. The number of rotatable bonds is 4. The minimum Gasteiger partial charge on any atom is -0.490 e. The van der Waals surface area contributed by atoms with Crippen molar-refractivity contribution < 1.29 is 14.3 Å². The quantitative estimate of drug-likeness (QED) is 0.846. The molecule has 0 atom stereocenters. The summed E-state index contributed by atoms with van der Waals surface area (Å²) in [7, 11) is 0. The van der Waals surface area contributed by atoms with Gasteiger partial charge in [-0.25, -0.2) is 0 Å². The number of amides is 2. The van der Waals surface area contributed by atoms with Gasteiger partial charge in [0.05, 0.1) is 22.7 Å². The minimum atomic E-state index is -0.639. The van der Waals surface area contributed by atoms with Crippen LogP contribution >= 0.6 is 0 Å². The van der Waals surface area contributed by atoms with Crippen molar-refractivity contribution in [3.05, 3.63) is 53.6 Å². The van der Waals surface area contributed by atoms with Crippen molar-refractivity contribution in [2.75, 3.05) is 23.4 Å². The highest BCUT2D eigenvalue weighted by atomic mass is 16.5. The van der Waals surface area contributed by atoms with Crippen LogP contribution in [0.4, 0.5) is 11.4 Å². The van der Waals surface area contributed by atoms with E-state index in [9.17, 15) is 9.59 Å². The summed E-state index contributed by atoms with van der Waals surface area (Å²) < 4.78 is 5.91. The Morgan fingerprint density at radius 1 is 1.24 bits per heavy atom. The average Bonchev–Trinajstić information content (AvgIpc) is 2.78. The van der Waals surface area contributed by atoms with Crippen LogP contribution in [0, 0.1) is 22.7 Å². The third kappa shape index (κ3) is 4.40. The maximum Gasteiger partial charge on any atom is 0.255 e. The lowest BCUT2D eigenvalue weighted by molar-refractivity contribution is -0.127. The number of ether oxygens (including phenoxy) is 1. The predicted molar refractivity (Wildman–Crippen MR) is 112 cm³/mol. The molecule has 150 valence electrons. The fourth-order valence-corrected chi connectivity index (χ4v) is 3.17. The highest BCUT2D eigenvalue weighted by Crippen LogP contribution is 2.38. The molecule has 3 rings (SSSR count). The van der Waals surface area contributed by atoms with Crippen LogP contribution in [0.3, 0.4) is 0 Å². The van der Waals surface area contributed by atoms with Gasteiger partial charge in [0.25, 0.3) is 5.91 Å². The Hall–Kier alpha value is -3.33. The SMILES string of the molecule is CC(C)CN1C(=O)C(C)(C)COc2ccc(NC(=O)c3ccc(C#N)cc3)cc21. The van der Waals surface area contributed by atoms with Crippen LogP contribution in [0.5, 0.6) is 5.75 Å². The molecule has 2 aromatic rings. The van der Waals surface area contributed by atoms with Crippen molar-refractivity contribution >= 4 is 23.2 Å². The second-order valence-corrected chi connectivity index (χ2v) is 8.31.